The average Bonchev–Trinajstić information content (AvgIpc) is 2.69. The molecule has 2 aromatic carbocycles. The standard InChI is InChI=1S/C20H25NO4S2/c22-27(23,16-15-25-18-7-3-1-4-8-18)21-17-20(11-13-24-14-12-20)26-19-9-5-2-6-10-19/h1-10,21H,11-17H2. The van der Waals surface area contributed by atoms with Crippen LogP contribution in [0.2, 0.25) is 0 Å². The van der Waals surface area contributed by atoms with E-state index in [1.807, 2.05) is 48.5 Å². The number of nitrogens with one attached hydrogen (secondary N) is 1. The Balaban J connectivity index is 1.55. The van der Waals surface area contributed by atoms with Gasteiger partial charge in [-0.3, -0.25) is 0 Å². The van der Waals surface area contributed by atoms with E-state index in [-0.39, 0.29) is 17.1 Å². The molecule has 27 heavy (non-hydrogen) atoms. The van der Waals surface area contributed by atoms with Gasteiger partial charge in [0.2, 0.25) is 10.0 Å². The molecule has 0 bridgehead atoms. The molecule has 0 saturated carbocycles. The Hall–Kier alpha value is -1.54. The maximum Gasteiger partial charge on any atom is 0.215 e. The second kappa shape index (κ2) is 9.59. The minimum atomic E-state index is -3.41. The highest BCUT2D eigenvalue weighted by molar-refractivity contribution is 8.00. The summed E-state index contributed by atoms with van der Waals surface area (Å²) in [6, 6.07) is 19.3. The molecule has 0 aliphatic carbocycles. The monoisotopic (exact) mass is 407 g/mol. The van der Waals surface area contributed by atoms with Gasteiger partial charge in [-0.1, -0.05) is 36.4 Å². The van der Waals surface area contributed by atoms with Gasteiger partial charge in [-0.25, -0.2) is 13.1 Å². The SMILES string of the molecule is O=S(=O)(CCOc1ccccc1)NCC1(Sc2ccccc2)CCOCC1. The van der Waals surface area contributed by atoms with Gasteiger partial charge in [-0.15, -0.1) is 11.8 Å². The van der Waals surface area contributed by atoms with Crippen molar-refractivity contribution in [2.45, 2.75) is 22.5 Å². The van der Waals surface area contributed by atoms with E-state index in [2.05, 4.69) is 16.9 Å². The summed E-state index contributed by atoms with van der Waals surface area (Å²) in [5, 5.41) is 0. The maximum atomic E-state index is 12.4. The van der Waals surface area contributed by atoms with E-state index in [4.69, 9.17) is 9.47 Å². The molecule has 0 atom stereocenters. The van der Waals surface area contributed by atoms with Crippen LogP contribution in [0.3, 0.4) is 0 Å². The van der Waals surface area contributed by atoms with Crippen molar-refractivity contribution >= 4 is 21.8 Å². The Labute approximate surface area is 165 Å². The molecule has 0 radical (unpaired) electrons. The first-order valence-electron chi connectivity index (χ1n) is 9.04. The number of thioether (sulfide) groups is 1. The predicted molar refractivity (Wildman–Crippen MR) is 109 cm³/mol. The highest BCUT2D eigenvalue weighted by Gasteiger charge is 2.35. The molecule has 146 valence electrons. The third kappa shape index (κ3) is 6.53. The van der Waals surface area contributed by atoms with E-state index in [9.17, 15) is 8.42 Å². The number of hydrogen-bond acceptors (Lipinski definition) is 5. The van der Waals surface area contributed by atoms with Gasteiger partial charge in [0, 0.05) is 29.4 Å². The highest BCUT2D eigenvalue weighted by Crippen LogP contribution is 2.40. The fraction of sp³-hybridized carbons (Fsp3) is 0.400. The number of benzene rings is 2. The molecule has 2 aromatic rings. The molecule has 0 unspecified atom stereocenters. The van der Waals surface area contributed by atoms with Crippen LogP contribution in [0, 0.1) is 0 Å². The molecule has 7 heteroatoms. The zero-order valence-corrected chi connectivity index (χ0v) is 16.8. The normalized spacial score (nSPS) is 16.7. The summed E-state index contributed by atoms with van der Waals surface area (Å²) in [4.78, 5) is 1.14. The number of rotatable bonds is 9. The van der Waals surface area contributed by atoms with Crippen molar-refractivity contribution in [3.8, 4) is 5.75 Å². The smallest absolute Gasteiger partial charge is 0.215 e. The quantitative estimate of drug-likeness (QED) is 0.691. The molecule has 1 N–H and O–H groups in total. The van der Waals surface area contributed by atoms with E-state index in [1.165, 1.54) is 0 Å². The lowest BCUT2D eigenvalue weighted by atomic mass is 9.99. The molecular weight excluding hydrogens is 382 g/mol. The van der Waals surface area contributed by atoms with Crippen LogP contribution in [0.15, 0.2) is 65.6 Å². The lowest BCUT2D eigenvalue weighted by Crippen LogP contribution is -2.45. The first-order valence-corrected chi connectivity index (χ1v) is 11.5. The Morgan fingerprint density at radius 3 is 2.30 bits per heavy atom. The summed E-state index contributed by atoms with van der Waals surface area (Å²) in [5.41, 5.74) is 0. The van der Waals surface area contributed by atoms with Gasteiger partial charge in [0.1, 0.15) is 12.4 Å². The van der Waals surface area contributed by atoms with Crippen molar-refractivity contribution < 1.29 is 17.9 Å². The topological polar surface area (TPSA) is 64.6 Å². The number of hydrogen-bond donors (Lipinski definition) is 1. The van der Waals surface area contributed by atoms with E-state index >= 15 is 0 Å². The van der Waals surface area contributed by atoms with Crippen LogP contribution in [-0.2, 0) is 14.8 Å². The van der Waals surface area contributed by atoms with E-state index in [1.54, 1.807) is 11.8 Å². The van der Waals surface area contributed by atoms with Gasteiger partial charge in [0.05, 0.1) is 5.75 Å². The van der Waals surface area contributed by atoms with Crippen LogP contribution in [0.5, 0.6) is 5.75 Å². The lowest BCUT2D eigenvalue weighted by molar-refractivity contribution is 0.0784. The Kier molecular flexibility index (Phi) is 7.18. The summed E-state index contributed by atoms with van der Waals surface area (Å²) in [7, 11) is -3.41. The summed E-state index contributed by atoms with van der Waals surface area (Å²) in [6.45, 7) is 1.82. The fourth-order valence-electron chi connectivity index (χ4n) is 2.90. The molecule has 1 aliphatic rings. The van der Waals surface area contributed by atoms with Crippen LogP contribution in [0.1, 0.15) is 12.8 Å². The first-order chi connectivity index (χ1) is 13.1. The number of sulfonamides is 1. The zero-order valence-electron chi connectivity index (χ0n) is 15.2. The predicted octanol–water partition coefficient (Wildman–Crippen LogP) is 3.33. The third-order valence-corrected chi connectivity index (χ3v) is 7.24. The Morgan fingerprint density at radius 1 is 1.00 bits per heavy atom. The van der Waals surface area contributed by atoms with E-state index in [0.29, 0.717) is 25.5 Å². The van der Waals surface area contributed by atoms with Crippen molar-refractivity contribution in [2.75, 3.05) is 32.1 Å². The summed E-state index contributed by atoms with van der Waals surface area (Å²) < 4.78 is 38.5. The van der Waals surface area contributed by atoms with Gasteiger partial charge in [-0.05, 0) is 37.1 Å². The fourth-order valence-corrected chi connectivity index (χ4v) is 5.24. The van der Waals surface area contributed by atoms with Crippen LogP contribution in [0.25, 0.3) is 0 Å². The number of para-hydroxylation sites is 1. The van der Waals surface area contributed by atoms with Gasteiger partial charge in [0.25, 0.3) is 0 Å². The molecule has 1 saturated heterocycles. The van der Waals surface area contributed by atoms with Crippen LogP contribution >= 0.6 is 11.8 Å². The molecule has 0 aromatic heterocycles. The molecule has 0 spiro atoms. The molecule has 0 amide bonds. The largest absolute Gasteiger partial charge is 0.492 e. The second-order valence-corrected chi connectivity index (χ2v) is 9.98. The molecular formula is C20H25NO4S2. The third-order valence-electron chi connectivity index (χ3n) is 4.46. The van der Waals surface area contributed by atoms with Gasteiger partial charge < -0.3 is 9.47 Å². The Morgan fingerprint density at radius 2 is 1.63 bits per heavy atom. The molecule has 1 aliphatic heterocycles. The second-order valence-electron chi connectivity index (χ2n) is 6.51. The van der Waals surface area contributed by atoms with Crippen LogP contribution < -0.4 is 9.46 Å². The zero-order chi connectivity index (χ0) is 19.0. The number of ether oxygens (including phenoxy) is 2. The summed E-state index contributed by atoms with van der Waals surface area (Å²) >= 11 is 1.74. The van der Waals surface area contributed by atoms with E-state index in [0.717, 1.165) is 17.7 Å². The highest BCUT2D eigenvalue weighted by atomic mass is 32.2. The lowest BCUT2D eigenvalue weighted by Gasteiger charge is -2.36. The van der Waals surface area contributed by atoms with Crippen molar-refractivity contribution in [1.82, 2.24) is 4.72 Å². The average molecular weight is 408 g/mol. The van der Waals surface area contributed by atoms with Crippen molar-refractivity contribution in [3.05, 3.63) is 60.7 Å². The minimum Gasteiger partial charge on any atom is -0.492 e. The van der Waals surface area contributed by atoms with Gasteiger partial charge in [0.15, 0.2) is 0 Å². The van der Waals surface area contributed by atoms with Gasteiger partial charge >= 0.3 is 0 Å². The first kappa shape index (κ1) is 20.2. The van der Waals surface area contributed by atoms with Crippen molar-refractivity contribution in [2.24, 2.45) is 0 Å². The molecule has 1 fully saturated rings. The van der Waals surface area contributed by atoms with Crippen LogP contribution in [-0.4, -0.2) is 45.3 Å². The Bertz CT molecular complexity index is 791. The van der Waals surface area contributed by atoms with Crippen molar-refractivity contribution in [3.63, 3.8) is 0 Å². The molecule has 5 nitrogen and oxygen atoms in total. The van der Waals surface area contributed by atoms with Gasteiger partial charge in [-0.2, -0.15) is 0 Å². The van der Waals surface area contributed by atoms with E-state index < -0.39 is 10.0 Å². The summed E-state index contributed by atoms with van der Waals surface area (Å²) in [6.07, 6.45) is 1.63. The molecule has 3 rings (SSSR count). The maximum absolute atomic E-state index is 12.4. The minimum absolute atomic E-state index is 0.0650. The molecule has 1 heterocycles. The van der Waals surface area contributed by atoms with Crippen molar-refractivity contribution in [1.29, 1.82) is 0 Å². The summed E-state index contributed by atoms with van der Waals surface area (Å²) in [5.74, 6) is 0.609. The van der Waals surface area contributed by atoms with Crippen LogP contribution in [0.4, 0.5) is 0 Å².